The van der Waals surface area contributed by atoms with Crippen molar-refractivity contribution in [3.63, 3.8) is 0 Å². The number of halogens is 1. The van der Waals surface area contributed by atoms with Gasteiger partial charge in [-0.15, -0.1) is 0 Å². The fraction of sp³-hybridized carbons (Fsp3) is 0.357. The van der Waals surface area contributed by atoms with Crippen molar-refractivity contribution in [3.05, 3.63) is 34.1 Å². The number of nitrogens with zero attached hydrogens (tertiary/aromatic N) is 3. The molecule has 24 heavy (non-hydrogen) atoms. The van der Waals surface area contributed by atoms with Gasteiger partial charge in [-0.1, -0.05) is 11.8 Å². The van der Waals surface area contributed by atoms with E-state index in [-0.39, 0.29) is 18.0 Å². The second-order valence-electron chi connectivity index (χ2n) is 5.29. The molecule has 0 bridgehead atoms. The second kappa shape index (κ2) is 6.56. The first-order chi connectivity index (χ1) is 11.5. The number of nitro groups is 1. The van der Waals surface area contributed by atoms with Crippen LogP contribution in [0, 0.1) is 15.9 Å². The van der Waals surface area contributed by atoms with Crippen LogP contribution in [0.4, 0.5) is 15.8 Å². The number of amidine groups is 1. The molecule has 3 rings (SSSR count). The van der Waals surface area contributed by atoms with Crippen LogP contribution in [-0.2, 0) is 9.59 Å². The molecular weight excluding hydrogens is 339 g/mol. The number of hydrogen-bond donors (Lipinski definition) is 1. The topological polar surface area (TPSA) is 105 Å². The molecule has 0 saturated carbocycles. The van der Waals surface area contributed by atoms with E-state index in [0.29, 0.717) is 18.3 Å². The normalized spacial score (nSPS) is 19.7. The molecule has 8 nitrogen and oxygen atoms in total. The van der Waals surface area contributed by atoms with Crippen LogP contribution in [0.5, 0.6) is 0 Å². The zero-order valence-corrected chi connectivity index (χ0v) is 13.2. The Morgan fingerprint density at radius 3 is 3.04 bits per heavy atom. The summed E-state index contributed by atoms with van der Waals surface area (Å²) in [5.41, 5.74) is -0.607. The van der Waals surface area contributed by atoms with Crippen molar-refractivity contribution in [2.75, 3.05) is 18.4 Å². The van der Waals surface area contributed by atoms with Crippen molar-refractivity contribution in [1.82, 2.24) is 4.90 Å². The standard InChI is InChI=1S/C14H13FN4O4S/c15-9-3-2-8(6-10(9)19(22)23)17-12(20)7-11-13(21)18-5-1-4-16-14(18)24-11/h2-3,6,11H,1,4-5,7H2,(H,17,20). The van der Waals surface area contributed by atoms with Gasteiger partial charge >= 0.3 is 5.69 Å². The number of fused-ring (bicyclic) bond motifs is 1. The summed E-state index contributed by atoms with van der Waals surface area (Å²) in [5, 5.41) is 13.3. The van der Waals surface area contributed by atoms with Gasteiger partial charge in [0.15, 0.2) is 5.17 Å². The Morgan fingerprint density at radius 1 is 1.54 bits per heavy atom. The summed E-state index contributed by atoms with van der Waals surface area (Å²) in [7, 11) is 0. The Labute approximate surface area is 140 Å². The molecule has 0 spiro atoms. The molecule has 2 amide bonds. The number of carbonyl (C=O) groups is 2. The SMILES string of the molecule is O=C(CC1SC2=NCCCN2C1=O)Nc1ccc(F)c([N+](=O)[O-])c1. The van der Waals surface area contributed by atoms with E-state index in [4.69, 9.17) is 0 Å². The molecule has 1 atom stereocenters. The molecule has 1 aromatic rings. The van der Waals surface area contributed by atoms with Gasteiger partial charge < -0.3 is 5.32 Å². The first-order valence-corrected chi connectivity index (χ1v) is 8.10. The maximum absolute atomic E-state index is 13.3. The van der Waals surface area contributed by atoms with Gasteiger partial charge in [0.25, 0.3) is 0 Å². The highest BCUT2D eigenvalue weighted by atomic mass is 32.2. The van der Waals surface area contributed by atoms with E-state index in [0.717, 1.165) is 18.6 Å². The molecule has 0 radical (unpaired) electrons. The first kappa shape index (κ1) is 16.4. The molecule has 2 aliphatic rings. The number of anilines is 1. The van der Waals surface area contributed by atoms with Gasteiger partial charge in [0, 0.05) is 31.3 Å². The minimum Gasteiger partial charge on any atom is -0.326 e. The number of carbonyl (C=O) groups excluding carboxylic acids is 2. The van der Waals surface area contributed by atoms with Crippen molar-refractivity contribution >= 4 is 40.1 Å². The summed E-state index contributed by atoms with van der Waals surface area (Å²) in [6.45, 7) is 1.28. The molecular formula is C14H13FN4O4S. The van der Waals surface area contributed by atoms with Crippen molar-refractivity contribution < 1.29 is 18.9 Å². The Bertz CT molecular complexity index is 754. The number of amides is 2. The quantitative estimate of drug-likeness (QED) is 0.657. The number of thioether (sulfide) groups is 1. The monoisotopic (exact) mass is 352 g/mol. The highest BCUT2D eigenvalue weighted by molar-refractivity contribution is 8.15. The summed E-state index contributed by atoms with van der Waals surface area (Å²) in [6.07, 6.45) is 0.720. The van der Waals surface area contributed by atoms with E-state index in [9.17, 15) is 24.1 Å². The van der Waals surface area contributed by atoms with Crippen molar-refractivity contribution in [1.29, 1.82) is 0 Å². The second-order valence-corrected chi connectivity index (χ2v) is 6.46. The van der Waals surface area contributed by atoms with E-state index >= 15 is 0 Å². The summed E-state index contributed by atoms with van der Waals surface area (Å²) in [6, 6.07) is 3.10. The number of hydrogen-bond acceptors (Lipinski definition) is 6. The molecule has 10 heteroatoms. The zero-order valence-electron chi connectivity index (χ0n) is 12.4. The maximum Gasteiger partial charge on any atom is 0.306 e. The maximum atomic E-state index is 13.3. The van der Waals surface area contributed by atoms with Crippen LogP contribution in [0.15, 0.2) is 23.2 Å². The number of nitro benzene ring substituents is 1. The minimum atomic E-state index is -0.977. The van der Waals surface area contributed by atoms with E-state index in [2.05, 4.69) is 10.3 Å². The lowest BCUT2D eigenvalue weighted by molar-refractivity contribution is -0.387. The van der Waals surface area contributed by atoms with E-state index in [1.165, 1.54) is 17.8 Å². The van der Waals surface area contributed by atoms with Crippen molar-refractivity contribution in [3.8, 4) is 0 Å². The van der Waals surface area contributed by atoms with Gasteiger partial charge in [0.2, 0.25) is 17.6 Å². The lowest BCUT2D eigenvalue weighted by atomic mass is 10.2. The number of benzene rings is 1. The highest BCUT2D eigenvalue weighted by Gasteiger charge is 2.39. The third kappa shape index (κ3) is 3.23. The molecule has 126 valence electrons. The number of nitrogens with one attached hydrogen (secondary N) is 1. The predicted molar refractivity (Wildman–Crippen MR) is 86.3 cm³/mol. The van der Waals surface area contributed by atoms with Crippen LogP contribution in [0.3, 0.4) is 0 Å². The lowest BCUT2D eigenvalue weighted by Crippen LogP contribution is -2.36. The molecule has 0 aromatic heterocycles. The van der Waals surface area contributed by atoms with Crippen LogP contribution in [0.25, 0.3) is 0 Å². The Kier molecular flexibility index (Phi) is 4.47. The largest absolute Gasteiger partial charge is 0.326 e. The molecule has 0 aliphatic carbocycles. The molecule has 2 aliphatic heterocycles. The lowest BCUT2D eigenvalue weighted by Gasteiger charge is -2.19. The van der Waals surface area contributed by atoms with Crippen molar-refractivity contribution in [2.24, 2.45) is 4.99 Å². The van der Waals surface area contributed by atoms with Crippen LogP contribution in [-0.4, -0.2) is 45.1 Å². The Balaban J connectivity index is 1.65. The minimum absolute atomic E-state index is 0.0792. The smallest absolute Gasteiger partial charge is 0.306 e. The summed E-state index contributed by atoms with van der Waals surface area (Å²) in [5.74, 6) is -1.60. The Hall–Kier alpha value is -2.49. The number of rotatable bonds is 4. The van der Waals surface area contributed by atoms with Gasteiger partial charge in [-0.3, -0.25) is 29.6 Å². The fourth-order valence-corrected chi connectivity index (χ4v) is 3.67. The predicted octanol–water partition coefficient (Wildman–Crippen LogP) is 1.77. The first-order valence-electron chi connectivity index (χ1n) is 7.22. The van der Waals surface area contributed by atoms with E-state index in [1.807, 2.05) is 0 Å². The van der Waals surface area contributed by atoms with Crippen molar-refractivity contribution in [2.45, 2.75) is 18.1 Å². The Morgan fingerprint density at radius 2 is 2.33 bits per heavy atom. The van der Waals surface area contributed by atoms with Gasteiger partial charge in [-0.2, -0.15) is 4.39 Å². The molecule has 1 aromatic carbocycles. The van der Waals surface area contributed by atoms with Gasteiger partial charge in [-0.25, -0.2) is 0 Å². The number of aliphatic imine (C=N–C) groups is 1. The zero-order chi connectivity index (χ0) is 17.3. The molecule has 2 heterocycles. The molecule has 1 unspecified atom stereocenters. The van der Waals surface area contributed by atoms with Crippen LogP contribution in [0.2, 0.25) is 0 Å². The summed E-state index contributed by atoms with van der Waals surface area (Å²) in [4.78, 5) is 40.0. The van der Waals surface area contributed by atoms with E-state index < -0.39 is 27.6 Å². The van der Waals surface area contributed by atoms with Gasteiger partial charge in [0.05, 0.1) is 4.92 Å². The van der Waals surface area contributed by atoms with E-state index in [1.54, 1.807) is 4.90 Å². The molecule has 1 fully saturated rings. The third-order valence-corrected chi connectivity index (χ3v) is 4.82. The van der Waals surface area contributed by atoms with Crippen LogP contribution in [0.1, 0.15) is 12.8 Å². The average Bonchev–Trinajstić information content (AvgIpc) is 2.85. The fourth-order valence-electron chi connectivity index (χ4n) is 2.48. The van der Waals surface area contributed by atoms with Crippen LogP contribution >= 0.6 is 11.8 Å². The summed E-state index contributed by atoms with van der Waals surface area (Å²) < 4.78 is 13.3. The third-order valence-electron chi connectivity index (χ3n) is 3.60. The molecule has 1 saturated heterocycles. The average molecular weight is 352 g/mol. The molecule has 1 N–H and O–H groups in total. The van der Waals surface area contributed by atoms with Gasteiger partial charge in [0.1, 0.15) is 5.25 Å². The summed E-state index contributed by atoms with van der Waals surface area (Å²) >= 11 is 1.25. The van der Waals surface area contributed by atoms with Crippen LogP contribution < -0.4 is 5.32 Å². The van der Waals surface area contributed by atoms with Gasteiger partial charge in [-0.05, 0) is 18.6 Å². The highest BCUT2D eigenvalue weighted by Crippen LogP contribution is 2.31.